The van der Waals surface area contributed by atoms with Crippen LogP contribution in [-0.2, 0) is 9.53 Å². The molecule has 1 amide bonds. The molecule has 0 saturated carbocycles. The Labute approximate surface area is 86.4 Å². The second kappa shape index (κ2) is 5.38. The summed E-state index contributed by atoms with van der Waals surface area (Å²) in [5.74, 6) is -0.605. The maximum atomic E-state index is 12.5. The van der Waals surface area contributed by atoms with Gasteiger partial charge in [-0.3, -0.25) is 4.79 Å². The second-order valence-electron chi connectivity index (χ2n) is 2.81. The van der Waals surface area contributed by atoms with Crippen molar-refractivity contribution in [1.29, 1.82) is 0 Å². The fourth-order valence-corrected chi connectivity index (χ4v) is 0.967. The third-order valence-electron chi connectivity index (χ3n) is 1.77. The Morgan fingerprint density at radius 3 is 2.93 bits per heavy atom. The number of nitrogens with one attached hydrogen (secondary N) is 1. The molecule has 1 atom stereocenters. The number of nitrogens with two attached hydrogens (primary N) is 1. The molecule has 1 aromatic heterocycles. The number of aromatic nitrogens is 1. The van der Waals surface area contributed by atoms with E-state index >= 15 is 0 Å². The van der Waals surface area contributed by atoms with Crippen molar-refractivity contribution in [3.05, 3.63) is 24.1 Å². The average Bonchev–Trinajstić information content (AvgIpc) is 2.23. The van der Waals surface area contributed by atoms with Gasteiger partial charge in [0.1, 0.15) is 17.7 Å². The van der Waals surface area contributed by atoms with Gasteiger partial charge in [0.15, 0.2) is 0 Å². The summed E-state index contributed by atoms with van der Waals surface area (Å²) in [7, 11) is 1.38. The molecule has 0 radical (unpaired) electrons. The van der Waals surface area contributed by atoms with Gasteiger partial charge in [0, 0.05) is 13.7 Å². The summed E-state index contributed by atoms with van der Waals surface area (Å²) in [5.41, 5.74) is 5.30. The first-order valence-electron chi connectivity index (χ1n) is 4.32. The van der Waals surface area contributed by atoms with E-state index < -0.39 is 17.8 Å². The minimum absolute atomic E-state index is 0.0729. The number of hydrogen-bond donors (Lipinski definition) is 2. The third kappa shape index (κ3) is 3.26. The van der Waals surface area contributed by atoms with Crippen LogP contribution < -0.4 is 11.1 Å². The first-order valence-corrected chi connectivity index (χ1v) is 4.32. The molecule has 1 unspecified atom stereocenters. The SMILES string of the molecule is COC(CN)C(=O)Nc1ccc(F)cn1. The summed E-state index contributed by atoms with van der Waals surface area (Å²) in [5, 5.41) is 2.45. The summed E-state index contributed by atoms with van der Waals surface area (Å²) in [4.78, 5) is 15.1. The van der Waals surface area contributed by atoms with E-state index in [1.54, 1.807) is 0 Å². The number of halogens is 1. The lowest BCUT2D eigenvalue weighted by atomic mass is 10.3. The molecule has 0 saturated heterocycles. The minimum atomic E-state index is -0.725. The number of carbonyl (C=O) groups is 1. The predicted octanol–water partition coefficient (Wildman–Crippen LogP) is 0.133. The Morgan fingerprint density at radius 2 is 2.47 bits per heavy atom. The fourth-order valence-electron chi connectivity index (χ4n) is 0.967. The van der Waals surface area contributed by atoms with Gasteiger partial charge < -0.3 is 15.8 Å². The molecule has 0 aliphatic rings. The molecule has 0 spiro atoms. The van der Waals surface area contributed by atoms with E-state index in [0.717, 1.165) is 6.20 Å². The Kier molecular flexibility index (Phi) is 4.14. The number of methoxy groups -OCH3 is 1. The first-order chi connectivity index (χ1) is 7.17. The topological polar surface area (TPSA) is 77.2 Å². The minimum Gasteiger partial charge on any atom is -0.370 e. The third-order valence-corrected chi connectivity index (χ3v) is 1.77. The van der Waals surface area contributed by atoms with Crippen molar-refractivity contribution in [1.82, 2.24) is 4.98 Å². The summed E-state index contributed by atoms with van der Waals surface area (Å²) in [6, 6.07) is 2.56. The zero-order valence-electron chi connectivity index (χ0n) is 8.24. The summed E-state index contributed by atoms with van der Waals surface area (Å²) in [6.07, 6.45) is 0.289. The lowest BCUT2D eigenvalue weighted by molar-refractivity contribution is -0.125. The smallest absolute Gasteiger partial charge is 0.255 e. The van der Waals surface area contributed by atoms with Crippen LogP contribution in [-0.4, -0.2) is 30.6 Å². The number of ether oxygens (including phenoxy) is 1. The molecular formula is C9H12FN3O2. The molecule has 1 rings (SSSR count). The van der Waals surface area contributed by atoms with Gasteiger partial charge in [0.2, 0.25) is 0 Å². The van der Waals surface area contributed by atoms with Crippen molar-refractivity contribution in [2.75, 3.05) is 19.0 Å². The number of pyridine rings is 1. The van der Waals surface area contributed by atoms with Crippen molar-refractivity contribution in [2.24, 2.45) is 5.73 Å². The van der Waals surface area contributed by atoms with Gasteiger partial charge in [-0.25, -0.2) is 9.37 Å². The number of hydrogen-bond acceptors (Lipinski definition) is 4. The molecule has 0 fully saturated rings. The van der Waals surface area contributed by atoms with E-state index in [2.05, 4.69) is 10.3 Å². The van der Waals surface area contributed by atoms with Crippen molar-refractivity contribution in [3.8, 4) is 0 Å². The van der Waals surface area contributed by atoms with Gasteiger partial charge in [-0.2, -0.15) is 0 Å². The molecule has 5 nitrogen and oxygen atoms in total. The van der Waals surface area contributed by atoms with Gasteiger partial charge in [-0.15, -0.1) is 0 Å². The van der Waals surface area contributed by atoms with Crippen LogP contribution in [0, 0.1) is 5.82 Å². The van der Waals surface area contributed by atoms with Crippen LogP contribution in [0.2, 0.25) is 0 Å². The maximum Gasteiger partial charge on any atom is 0.255 e. The van der Waals surface area contributed by atoms with E-state index in [1.807, 2.05) is 0 Å². The van der Waals surface area contributed by atoms with Crippen LogP contribution in [0.3, 0.4) is 0 Å². The zero-order chi connectivity index (χ0) is 11.3. The molecule has 1 heterocycles. The number of nitrogens with zero attached hydrogens (tertiary/aromatic N) is 1. The molecule has 0 aliphatic heterocycles. The Balaban J connectivity index is 2.61. The average molecular weight is 213 g/mol. The largest absolute Gasteiger partial charge is 0.370 e. The summed E-state index contributed by atoms with van der Waals surface area (Å²) >= 11 is 0. The van der Waals surface area contributed by atoms with Crippen molar-refractivity contribution in [2.45, 2.75) is 6.10 Å². The van der Waals surface area contributed by atoms with E-state index in [0.29, 0.717) is 0 Å². The quantitative estimate of drug-likeness (QED) is 0.745. The normalized spacial score (nSPS) is 12.2. The van der Waals surface area contributed by atoms with Gasteiger partial charge in [0.05, 0.1) is 6.20 Å². The van der Waals surface area contributed by atoms with Crippen molar-refractivity contribution < 1.29 is 13.9 Å². The van der Waals surface area contributed by atoms with Crippen LogP contribution in [0.15, 0.2) is 18.3 Å². The monoisotopic (exact) mass is 213 g/mol. The standard InChI is InChI=1S/C9H12FN3O2/c1-15-7(4-11)9(14)13-8-3-2-6(10)5-12-8/h2-3,5,7H,4,11H2,1H3,(H,12,13,14). The number of carbonyl (C=O) groups excluding carboxylic acids is 1. The highest BCUT2D eigenvalue weighted by molar-refractivity contribution is 5.93. The van der Waals surface area contributed by atoms with Crippen LogP contribution in [0.25, 0.3) is 0 Å². The van der Waals surface area contributed by atoms with Crippen LogP contribution >= 0.6 is 0 Å². The molecule has 82 valence electrons. The predicted molar refractivity (Wildman–Crippen MR) is 52.7 cm³/mol. The first kappa shape index (κ1) is 11.5. The summed E-state index contributed by atoms with van der Waals surface area (Å²) < 4.78 is 17.3. The zero-order valence-corrected chi connectivity index (χ0v) is 8.24. The van der Waals surface area contributed by atoms with Crippen LogP contribution in [0.4, 0.5) is 10.2 Å². The Morgan fingerprint density at radius 1 is 1.73 bits per heavy atom. The molecule has 0 aromatic carbocycles. The van der Waals surface area contributed by atoms with E-state index in [1.165, 1.54) is 19.2 Å². The highest BCUT2D eigenvalue weighted by atomic mass is 19.1. The lowest BCUT2D eigenvalue weighted by Gasteiger charge is -2.12. The van der Waals surface area contributed by atoms with Gasteiger partial charge >= 0.3 is 0 Å². The molecule has 0 aliphatic carbocycles. The lowest BCUT2D eigenvalue weighted by Crippen LogP contribution is -2.36. The molecule has 0 bridgehead atoms. The van der Waals surface area contributed by atoms with Gasteiger partial charge in [0.25, 0.3) is 5.91 Å². The maximum absolute atomic E-state index is 12.5. The van der Waals surface area contributed by atoms with Crippen LogP contribution in [0.1, 0.15) is 0 Å². The highest BCUT2D eigenvalue weighted by Gasteiger charge is 2.15. The molecule has 6 heteroatoms. The van der Waals surface area contributed by atoms with E-state index in [9.17, 15) is 9.18 Å². The number of amides is 1. The Bertz CT molecular complexity index is 325. The van der Waals surface area contributed by atoms with Crippen molar-refractivity contribution in [3.63, 3.8) is 0 Å². The van der Waals surface area contributed by atoms with Gasteiger partial charge in [-0.05, 0) is 12.1 Å². The van der Waals surface area contributed by atoms with E-state index in [-0.39, 0.29) is 12.4 Å². The van der Waals surface area contributed by atoms with Crippen molar-refractivity contribution >= 4 is 11.7 Å². The molecular weight excluding hydrogens is 201 g/mol. The Hall–Kier alpha value is -1.53. The van der Waals surface area contributed by atoms with E-state index in [4.69, 9.17) is 10.5 Å². The van der Waals surface area contributed by atoms with Crippen LogP contribution in [0.5, 0.6) is 0 Å². The molecule has 1 aromatic rings. The number of rotatable bonds is 4. The molecule has 3 N–H and O–H groups in total. The summed E-state index contributed by atoms with van der Waals surface area (Å²) in [6.45, 7) is 0.0729. The number of anilines is 1. The fraction of sp³-hybridized carbons (Fsp3) is 0.333. The molecule has 15 heavy (non-hydrogen) atoms. The van der Waals surface area contributed by atoms with Gasteiger partial charge in [-0.1, -0.05) is 0 Å². The second-order valence-corrected chi connectivity index (χ2v) is 2.81. The highest BCUT2D eigenvalue weighted by Crippen LogP contribution is 2.04.